The molecule has 156 valence electrons. The summed E-state index contributed by atoms with van der Waals surface area (Å²) in [7, 11) is 0. The molecule has 0 aliphatic carbocycles. The standard InChI is InChI=1S/C22H34N2O4/c1-6-18(7-2)24-14-17(13-21(24)25)22(26)23-15(5)16-10-11-19(27-8-3)20(12-16)28-9-4/h10-12,15,17-18H,6-9,13-14H2,1-5H3,(H,23,26). The topological polar surface area (TPSA) is 67.9 Å². The Kier molecular flexibility index (Phi) is 8.15. The number of hydrogen-bond acceptors (Lipinski definition) is 4. The van der Waals surface area contributed by atoms with Gasteiger partial charge in [-0.15, -0.1) is 0 Å². The molecule has 2 rings (SSSR count). The number of hydrogen-bond donors (Lipinski definition) is 1. The largest absolute Gasteiger partial charge is 0.490 e. The zero-order valence-electron chi connectivity index (χ0n) is 17.8. The van der Waals surface area contributed by atoms with Gasteiger partial charge in [0.05, 0.1) is 25.2 Å². The van der Waals surface area contributed by atoms with Gasteiger partial charge >= 0.3 is 0 Å². The second-order valence-corrected chi connectivity index (χ2v) is 7.22. The van der Waals surface area contributed by atoms with E-state index in [-0.39, 0.29) is 29.8 Å². The molecule has 0 bridgehead atoms. The summed E-state index contributed by atoms with van der Waals surface area (Å²) in [6.45, 7) is 11.6. The Labute approximate surface area is 168 Å². The highest BCUT2D eigenvalue weighted by atomic mass is 16.5. The second-order valence-electron chi connectivity index (χ2n) is 7.22. The molecule has 28 heavy (non-hydrogen) atoms. The Balaban J connectivity index is 2.04. The first-order chi connectivity index (χ1) is 13.4. The van der Waals surface area contributed by atoms with Gasteiger partial charge in [0.2, 0.25) is 11.8 Å². The van der Waals surface area contributed by atoms with Crippen molar-refractivity contribution < 1.29 is 19.1 Å². The minimum Gasteiger partial charge on any atom is -0.490 e. The van der Waals surface area contributed by atoms with Crippen LogP contribution in [0.1, 0.15) is 65.5 Å². The van der Waals surface area contributed by atoms with Crippen molar-refractivity contribution in [3.8, 4) is 11.5 Å². The monoisotopic (exact) mass is 390 g/mol. The van der Waals surface area contributed by atoms with E-state index in [4.69, 9.17) is 9.47 Å². The van der Waals surface area contributed by atoms with Crippen molar-refractivity contribution >= 4 is 11.8 Å². The number of benzene rings is 1. The molecule has 0 aromatic heterocycles. The van der Waals surface area contributed by atoms with Gasteiger partial charge in [-0.3, -0.25) is 9.59 Å². The average molecular weight is 391 g/mol. The van der Waals surface area contributed by atoms with Crippen molar-refractivity contribution in [3.63, 3.8) is 0 Å². The third kappa shape index (κ3) is 5.18. The number of carbonyl (C=O) groups excluding carboxylic acids is 2. The fraction of sp³-hybridized carbons (Fsp3) is 0.636. The molecule has 0 spiro atoms. The van der Waals surface area contributed by atoms with Gasteiger partial charge in [-0.2, -0.15) is 0 Å². The van der Waals surface area contributed by atoms with E-state index in [1.165, 1.54) is 0 Å². The molecule has 0 saturated carbocycles. The third-order valence-electron chi connectivity index (χ3n) is 5.34. The van der Waals surface area contributed by atoms with E-state index >= 15 is 0 Å². The first kappa shape index (κ1) is 22.1. The number of rotatable bonds is 10. The first-order valence-electron chi connectivity index (χ1n) is 10.4. The van der Waals surface area contributed by atoms with Crippen LogP contribution in [0.4, 0.5) is 0 Å². The maximum absolute atomic E-state index is 12.8. The Morgan fingerprint density at radius 3 is 2.39 bits per heavy atom. The Morgan fingerprint density at radius 1 is 1.14 bits per heavy atom. The van der Waals surface area contributed by atoms with Gasteiger partial charge in [0.25, 0.3) is 0 Å². The molecule has 1 N–H and O–H groups in total. The van der Waals surface area contributed by atoms with Gasteiger partial charge in [0, 0.05) is 19.0 Å². The molecule has 2 unspecified atom stereocenters. The molecule has 1 aliphatic rings. The predicted molar refractivity (Wildman–Crippen MR) is 110 cm³/mol. The van der Waals surface area contributed by atoms with E-state index in [1.54, 1.807) is 0 Å². The van der Waals surface area contributed by atoms with Crippen LogP contribution in [0.25, 0.3) is 0 Å². The van der Waals surface area contributed by atoms with E-state index in [0.717, 1.165) is 18.4 Å². The van der Waals surface area contributed by atoms with E-state index in [0.29, 0.717) is 37.7 Å². The molecule has 1 heterocycles. The van der Waals surface area contributed by atoms with Crippen molar-refractivity contribution in [2.75, 3.05) is 19.8 Å². The Bertz CT molecular complexity index is 673. The third-order valence-corrected chi connectivity index (χ3v) is 5.34. The van der Waals surface area contributed by atoms with Crippen LogP contribution in [-0.4, -0.2) is 42.5 Å². The normalized spacial score (nSPS) is 17.7. The zero-order chi connectivity index (χ0) is 20.7. The van der Waals surface area contributed by atoms with E-state index in [1.807, 2.05) is 43.9 Å². The van der Waals surface area contributed by atoms with Crippen LogP contribution in [0, 0.1) is 5.92 Å². The minimum absolute atomic E-state index is 0.0684. The molecule has 0 radical (unpaired) electrons. The molecule has 6 heteroatoms. The Morgan fingerprint density at radius 2 is 1.79 bits per heavy atom. The van der Waals surface area contributed by atoms with Crippen LogP contribution in [0.3, 0.4) is 0 Å². The molecule has 2 amide bonds. The summed E-state index contributed by atoms with van der Waals surface area (Å²) in [6, 6.07) is 5.77. The lowest BCUT2D eigenvalue weighted by Gasteiger charge is -2.26. The predicted octanol–water partition coefficient (Wildman–Crippen LogP) is 3.70. The number of carbonyl (C=O) groups is 2. The van der Waals surface area contributed by atoms with Gasteiger partial charge < -0.3 is 19.7 Å². The van der Waals surface area contributed by atoms with E-state index in [2.05, 4.69) is 19.2 Å². The highest BCUT2D eigenvalue weighted by Gasteiger charge is 2.37. The maximum Gasteiger partial charge on any atom is 0.225 e. The summed E-state index contributed by atoms with van der Waals surface area (Å²) in [5.41, 5.74) is 0.946. The molecular weight excluding hydrogens is 356 g/mol. The summed E-state index contributed by atoms with van der Waals surface area (Å²) in [4.78, 5) is 27.0. The summed E-state index contributed by atoms with van der Waals surface area (Å²) < 4.78 is 11.3. The highest BCUT2D eigenvalue weighted by molar-refractivity contribution is 5.89. The highest BCUT2D eigenvalue weighted by Crippen LogP contribution is 2.31. The van der Waals surface area contributed by atoms with Gasteiger partial charge in [0.15, 0.2) is 11.5 Å². The summed E-state index contributed by atoms with van der Waals surface area (Å²) in [5.74, 6) is 1.11. The van der Waals surface area contributed by atoms with Crippen molar-refractivity contribution in [1.82, 2.24) is 10.2 Å². The smallest absolute Gasteiger partial charge is 0.225 e. The molecule has 1 aromatic rings. The fourth-order valence-corrected chi connectivity index (χ4v) is 3.74. The van der Waals surface area contributed by atoms with Crippen LogP contribution >= 0.6 is 0 Å². The average Bonchev–Trinajstić information content (AvgIpc) is 3.06. The van der Waals surface area contributed by atoms with Crippen LogP contribution in [0.15, 0.2) is 18.2 Å². The number of nitrogens with zero attached hydrogens (tertiary/aromatic N) is 1. The lowest BCUT2D eigenvalue weighted by molar-refractivity contribution is -0.130. The molecule has 1 fully saturated rings. The molecule has 1 aliphatic heterocycles. The zero-order valence-corrected chi connectivity index (χ0v) is 17.8. The van der Waals surface area contributed by atoms with Crippen LogP contribution in [-0.2, 0) is 9.59 Å². The Hall–Kier alpha value is -2.24. The molecular formula is C22H34N2O4. The number of nitrogens with one attached hydrogen (secondary N) is 1. The number of ether oxygens (including phenoxy) is 2. The molecule has 6 nitrogen and oxygen atoms in total. The van der Waals surface area contributed by atoms with Crippen LogP contribution < -0.4 is 14.8 Å². The van der Waals surface area contributed by atoms with E-state index in [9.17, 15) is 9.59 Å². The maximum atomic E-state index is 12.8. The van der Waals surface area contributed by atoms with Crippen LogP contribution in [0.2, 0.25) is 0 Å². The molecule has 1 saturated heterocycles. The van der Waals surface area contributed by atoms with Crippen molar-refractivity contribution in [3.05, 3.63) is 23.8 Å². The lowest BCUT2D eigenvalue weighted by atomic mass is 10.0. The van der Waals surface area contributed by atoms with Gasteiger partial charge in [0.1, 0.15) is 0 Å². The summed E-state index contributed by atoms with van der Waals surface area (Å²) >= 11 is 0. The van der Waals surface area contributed by atoms with Crippen molar-refractivity contribution in [2.45, 2.75) is 66.0 Å². The number of likely N-dealkylation sites (tertiary alicyclic amines) is 1. The van der Waals surface area contributed by atoms with Crippen LogP contribution in [0.5, 0.6) is 11.5 Å². The fourth-order valence-electron chi connectivity index (χ4n) is 3.74. The number of amides is 2. The molecule has 2 atom stereocenters. The minimum atomic E-state index is -0.287. The first-order valence-corrected chi connectivity index (χ1v) is 10.4. The van der Waals surface area contributed by atoms with Crippen molar-refractivity contribution in [1.29, 1.82) is 0 Å². The lowest BCUT2D eigenvalue weighted by Crippen LogP contribution is -2.38. The quantitative estimate of drug-likeness (QED) is 0.661. The van der Waals surface area contributed by atoms with E-state index < -0.39 is 0 Å². The van der Waals surface area contributed by atoms with Gasteiger partial charge in [-0.25, -0.2) is 0 Å². The molecule has 1 aromatic carbocycles. The van der Waals surface area contributed by atoms with Crippen molar-refractivity contribution in [2.24, 2.45) is 5.92 Å². The van der Waals surface area contributed by atoms with Gasteiger partial charge in [-0.1, -0.05) is 19.9 Å². The SMILES string of the molecule is CCOc1ccc(C(C)NC(=O)C2CC(=O)N(C(CC)CC)C2)cc1OCC. The second kappa shape index (κ2) is 10.3. The summed E-state index contributed by atoms with van der Waals surface area (Å²) in [6.07, 6.45) is 2.13. The summed E-state index contributed by atoms with van der Waals surface area (Å²) in [5, 5.41) is 3.06. The van der Waals surface area contributed by atoms with Gasteiger partial charge in [-0.05, 0) is 51.3 Å².